The maximum atomic E-state index is 13.4. The van der Waals surface area contributed by atoms with Crippen molar-refractivity contribution in [2.24, 2.45) is 0 Å². The molecule has 1 atom stereocenters. The molecule has 8 heteroatoms. The summed E-state index contributed by atoms with van der Waals surface area (Å²) in [6.07, 6.45) is -0.976. The molecule has 0 bridgehead atoms. The van der Waals surface area contributed by atoms with E-state index >= 15 is 0 Å². The number of fused-ring (bicyclic) bond motifs is 1. The van der Waals surface area contributed by atoms with Gasteiger partial charge in [0.2, 0.25) is 0 Å². The number of ether oxygens (including phenoxy) is 1. The van der Waals surface area contributed by atoms with Gasteiger partial charge in [0, 0.05) is 5.56 Å². The molecule has 7 nitrogen and oxygen atoms in total. The van der Waals surface area contributed by atoms with E-state index in [0.29, 0.717) is 16.2 Å². The van der Waals surface area contributed by atoms with Crippen LogP contribution in [0.15, 0.2) is 66.7 Å². The Labute approximate surface area is 194 Å². The first-order valence-corrected chi connectivity index (χ1v) is 10.6. The van der Waals surface area contributed by atoms with Gasteiger partial charge >= 0.3 is 5.97 Å². The molecule has 34 heavy (non-hydrogen) atoms. The predicted octanol–water partition coefficient (Wildman–Crippen LogP) is 4.53. The molecule has 0 radical (unpaired) electrons. The molecule has 0 spiro atoms. The SMILES string of the molecule is CCOC(=O)C(=O)c1ccc(-c2ccc(F)cc2)cc1C(C)ON1C(=O)c2ccccc2C1=O. The topological polar surface area (TPSA) is 90.0 Å². The van der Waals surface area contributed by atoms with Crippen molar-refractivity contribution in [3.05, 3.63) is 94.8 Å². The lowest BCUT2D eigenvalue weighted by atomic mass is 9.94. The summed E-state index contributed by atoms with van der Waals surface area (Å²) < 4.78 is 18.2. The molecular formula is C26H20FNO6. The van der Waals surface area contributed by atoms with Gasteiger partial charge in [-0.2, -0.15) is 0 Å². The molecule has 1 heterocycles. The minimum absolute atomic E-state index is 0.00780. The summed E-state index contributed by atoms with van der Waals surface area (Å²) in [5.41, 5.74) is 1.97. The van der Waals surface area contributed by atoms with E-state index in [-0.39, 0.29) is 28.9 Å². The summed E-state index contributed by atoms with van der Waals surface area (Å²) in [5.74, 6) is -3.58. The zero-order valence-electron chi connectivity index (χ0n) is 18.4. The van der Waals surface area contributed by atoms with E-state index in [1.807, 2.05) is 0 Å². The van der Waals surface area contributed by atoms with Crippen molar-refractivity contribution in [3.8, 4) is 11.1 Å². The number of Topliss-reactive ketones (excluding diaryl/α,β-unsaturated/α-hetero) is 1. The van der Waals surface area contributed by atoms with Gasteiger partial charge in [-0.05, 0) is 66.9 Å². The van der Waals surface area contributed by atoms with Gasteiger partial charge in [-0.3, -0.25) is 19.2 Å². The Morgan fingerprint density at radius 3 is 2.09 bits per heavy atom. The fourth-order valence-electron chi connectivity index (χ4n) is 3.71. The number of imide groups is 1. The molecule has 0 saturated carbocycles. The number of ketones is 1. The molecule has 0 aliphatic carbocycles. The summed E-state index contributed by atoms with van der Waals surface area (Å²) in [5, 5.41) is 0.651. The van der Waals surface area contributed by atoms with Crippen molar-refractivity contribution < 1.29 is 33.1 Å². The van der Waals surface area contributed by atoms with E-state index in [2.05, 4.69) is 0 Å². The number of carbonyl (C=O) groups excluding carboxylic acids is 4. The van der Waals surface area contributed by atoms with Crippen molar-refractivity contribution in [3.63, 3.8) is 0 Å². The Morgan fingerprint density at radius 1 is 0.912 bits per heavy atom. The molecule has 0 aromatic heterocycles. The average Bonchev–Trinajstić information content (AvgIpc) is 3.09. The zero-order chi connectivity index (χ0) is 24.4. The molecule has 2 amide bonds. The fraction of sp³-hybridized carbons (Fsp3) is 0.154. The van der Waals surface area contributed by atoms with Crippen LogP contribution >= 0.6 is 0 Å². The van der Waals surface area contributed by atoms with Crippen LogP contribution in [-0.4, -0.2) is 35.2 Å². The van der Waals surface area contributed by atoms with Gasteiger partial charge in [0.25, 0.3) is 17.6 Å². The van der Waals surface area contributed by atoms with E-state index in [4.69, 9.17) is 9.57 Å². The molecule has 1 unspecified atom stereocenters. The van der Waals surface area contributed by atoms with Crippen LogP contribution in [0.25, 0.3) is 11.1 Å². The molecule has 4 rings (SSSR count). The first kappa shape index (κ1) is 23.0. The second kappa shape index (κ2) is 9.36. The highest BCUT2D eigenvalue weighted by atomic mass is 19.1. The standard InChI is InChI=1S/C26H20FNO6/c1-3-33-26(32)23(29)19-13-10-17(16-8-11-18(27)12-9-16)14-22(19)15(2)34-28-24(30)20-6-4-5-7-21(20)25(28)31/h4-15H,3H2,1-2H3. The lowest BCUT2D eigenvalue weighted by molar-refractivity contribution is -0.137. The Hall–Kier alpha value is -4.17. The number of hydrogen-bond acceptors (Lipinski definition) is 6. The number of halogens is 1. The molecule has 3 aromatic rings. The molecule has 0 N–H and O–H groups in total. The first-order valence-electron chi connectivity index (χ1n) is 10.6. The maximum absolute atomic E-state index is 13.4. The van der Waals surface area contributed by atoms with Crippen LogP contribution in [0.3, 0.4) is 0 Å². The summed E-state index contributed by atoms with van der Waals surface area (Å²) >= 11 is 0. The quantitative estimate of drug-likeness (QED) is 0.222. The molecular weight excluding hydrogens is 441 g/mol. The highest BCUT2D eigenvalue weighted by molar-refractivity contribution is 6.41. The van der Waals surface area contributed by atoms with Gasteiger partial charge in [-0.1, -0.05) is 30.3 Å². The summed E-state index contributed by atoms with van der Waals surface area (Å²) in [6.45, 7) is 3.15. The predicted molar refractivity (Wildman–Crippen MR) is 119 cm³/mol. The van der Waals surface area contributed by atoms with Crippen molar-refractivity contribution in [1.82, 2.24) is 5.06 Å². The van der Waals surface area contributed by atoms with Crippen LogP contribution in [0.5, 0.6) is 0 Å². The van der Waals surface area contributed by atoms with Crippen molar-refractivity contribution >= 4 is 23.6 Å². The number of hydrogen-bond donors (Lipinski definition) is 0. The van der Waals surface area contributed by atoms with Gasteiger partial charge < -0.3 is 4.74 Å². The lowest BCUT2D eigenvalue weighted by Crippen LogP contribution is -2.31. The van der Waals surface area contributed by atoms with Crippen LogP contribution in [-0.2, 0) is 14.4 Å². The number of rotatable bonds is 7. The molecule has 172 valence electrons. The Balaban J connectivity index is 1.71. The van der Waals surface area contributed by atoms with Crippen molar-refractivity contribution in [1.29, 1.82) is 0 Å². The third-order valence-electron chi connectivity index (χ3n) is 5.39. The van der Waals surface area contributed by atoms with Crippen LogP contribution in [0.4, 0.5) is 4.39 Å². The molecule has 0 saturated heterocycles. The lowest BCUT2D eigenvalue weighted by Gasteiger charge is -2.22. The Kier molecular flexibility index (Phi) is 6.34. The van der Waals surface area contributed by atoms with Gasteiger partial charge in [0.15, 0.2) is 0 Å². The molecule has 1 aliphatic heterocycles. The Morgan fingerprint density at radius 2 is 1.50 bits per heavy atom. The average molecular weight is 461 g/mol. The first-order chi connectivity index (χ1) is 16.3. The van der Waals surface area contributed by atoms with Gasteiger partial charge in [0.1, 0.15) is 11.9 Å². The highest BCUT2D eigenvalue weighted by Crippen LogP contribution is 2.32. The summed E-state index contributed by atoms with van der Waals surface area (Å²) in [7, 11) is 0. The molecule has 3 aromatic carbocycles. The monoisotopic (exact) mass is 461 g/mol. The minimum atomic E-state index is -1.04. The molecule has 0 fully saturated rings. The minimum Gasteiger partial charge on any atom is -0.460 e. The van der Waals surface area contributed by atoms with Crippen molar-refractivity contribution in [2.75, 3.05) is 6.61 Å². The second-order valence-corrected chi connectivity index (χ2v) is 7.56. The van der Waals surface area contributed by atoms with Crippen LogP contribution in [0.1, 0.15) is 56.6 Å². The summed E-state index contributed by atoms with van der Waals surface area (Å²) in [4.78, 5) is 56.0. The van der Waals surface area contributed by atoms with Crippen LogP contribution < -0.4 is 0 Å². The zero-order valence-corrected chi connectivity index (χ0v) is 18.4. The van der Waals surface area contributed by atoms with Crippen LogP contribution in [0, 0.1) is 5.82 Å². The highest BCUT2D eigenvalue weighted by Gasteiger charge is 2.38. The van der Waals surface area contributed by atoms with Crippen molar-refractivity contribution in [2.45, 2.75) is 20.0 Å². The summed E-state index contributed by atoms with van der Waals surface area (Å²) in [6, 6.07) is 16.7. The normalized spacial score (nSPS) is 13.6. The third-order valence-corrected chi connectivity index (χ3v) is 5.39. The van der Waals surface area contributed by atoms with Gasteiger partial charge in [-0.25, -0.2) is 9.18 Å². The van der Waals surface area contributed by atoms with E-state index in [1.165, 1.54) is 30.3 Å². The van der Waals surface area contributed by atoms with Crippen LogP contribution in [0.2, 0.25) is 0 Å². The smallest absolute Gasteiger partial charge is 0.379 e. The molecule has 1 aliphatic rings. The van der Waals surface area contributed by atoms with E-state index in [1.54, 1.807) is 50.2 Å². The van der Waals surface area contributed by atoms with E-state index < -0.39 is 35.5 Å². The third kappa shape index (κ3) is 4.23. The number of hydroxylamine groups is 2. The fourth-order valence-corrected chi connectivity index (χ4v) is 3.71. The number of carbonyl (C=O) groups is 4. The van der Waals surface area contributed by atoms with Gasteiger partial charge in [0.05, 0.1) is 17.7 Å². The maximum Gasteiger partial charge on any atom is 0.379 e. The van der Waals surface area contributed by atoms with Gasteiger partial charge in [-0.15, -0.1) is 5.06 Å². The largest absolute Gasteiger partial charge is 0.460 e. The van der Waals surface area contributed by atoms with E-state index in [0.717, 1.165) is 0 Å². The number of esters is 1. The van der Waals surface area contributed by atoms with E-state index in [9.17, 15) is 23.6 Å². The number of benzene rings is 3. The second-order valence-electron chi connectivity index (χ2n) is 7.56. The Bertz CT molecular complexity index is 1270. The number of nitrogens with zero attached hydrogens (tertiary/aromatic N) is 1. The number of amides is 2.